The molecule has 0 aliphatic rings. The van der Waals surface area contributed by atoms with Gasteiger partial charge in [-0.25, -0.2) is 18.9 Å². The maximum atomic E-state index is 13.9. The van der Waals surface area contributed by atoms with Crippen LogP contribution in [0, 0.1) is 12.7 Å². The van der Waals surface area contributed by atoms with Gasteiger partial charge in [-0.05, 0) is 49.7 Å². The molecule has 0 saturated carbocycles. The molecule has 6 aromatic rings. The zero-order chi connectivity index (χ0) is 26.4. The van der Waals surface area contributed by atoms with Crippen LogP contribution in [0.2, 0.25) is 0 Å². The van der Waals surface area contributed by atoms with E-state index in [1.165, 1.54) is 25.6 Å². The highest BCUT2D eigenvalue weighted by atomic mass is 19.1. The van der Waals surface area contributed by atoms with Crippen molar-refractivity contribution in [3.05, 3.63) is 101 Å². The van der Waals surface area contributed by atoms with Crippen molar-refractivity contribution in [1.82, 2.24) is 29.1 Å². The number of para-hydroxylation sites is 1. The molecule has 4 heterocycles. The number of ether oxygens (including phenoxy) is 1. The number of hydrogen-bond acceptors (Lipinski definition) is 6. The van der Waals surface area contributed by atoms with E-state index in [0.29, 0.717) is 45.2 Å². The summed E-state index contributed by atoms with van der Waals surface area (Å²) in [7, 11) is 1.50. The van der Waals surface area contributed by atoms with E-state index in [-0.39, 0.29) is 5.56 Å². The molecule has 2 aromatic carbocycles. The number of H-pyrrole nitrogens is 1. The number of nitrogens with one attached hydrogen (secondary N) is 2. The molecule has 0 saturated heterocycles. The van der Waals surface area contributed by atoms with Crippen LogP contribution in [0.3, 0.4) is 0 Å². The molecule has 4 aromatic heterocycles. The van der Waals surface area contributed by atoms with Crippen molar-refractivity contribution in [2.75, 3.05) is 12.4 Å². The van der Waals surface area contributed by atoms with Crippen LogP contribution in [0.5, 0.6) is 5.75 Å². The molecule has 0 amide bonds. The summed E-state index contributed by atoms with van der Waals surface area (Å²) in [5, 5.41) is 8.96. The Balaban J connectivity index is 1.50. The van der Waals surface area contributed by atoms with Gasteiger partial charge in [0.25, 0.3) is 5.56 Å². The number of aromatic amines is 1. The molecule has 0 fully saturated rings. The van der Waals surface area contributed by atoms with Gasteiger partial charge in [0.15, 0.2) is 5.82 Å². The van der Waals surface area contributed by atoms with E-state index in [4.69, 9.17) is 9.84 Å². The first-order chi connectivity index (χ1) is 18.5. The summed E-state index contributed by atoms with van der Waals surface area (Å²) >= 11 is 0. The van der Waals surface area contributed by atoms with E-state index >= 15 is 0 Å². The van der Waals surface area contributed by atoms with Crippen LogP contribution in [-0.4, -0.2) is 36.2 Å². The minimum absolute atomic E-state index is 0.163. The molecule has 6 rings (SSSR count). The van der Waals surface area contributed by atoms with E-state index in [1.807, 2.05) is 50.2 Å². The van der Waals surface area contributed by atoms with Gasteiger partial charge in [0.05, 0.1) is 24.2 Å². The van der Waals surface area contributed by atoms with E-state index in [9.17, 15) is 9.18 Å². The number of aromatic nitrogens is 6. The standard InChI is InChI=1S/C28H24FN7O2/c1-16-11-12-35-24(16)28(37)36(19-7-5-4-6-8-19)27(34-35)17(2)33-26-23-21(14-30-25(23)31-15-32-26)20-10-9-18(29)13-22(20)38-3/h4-15,17H,1-3H3,(H2,30,31,32,33)/t17-/m0/s1. The second-order valence-corrected chi connectivity index (χ2v) is 8.99. The van der Waals surface area contributed by atoms with Gasteiger partial charge in [0.2, 0.25) is 0 Å². The molecule has 0 bridgehead atoms. The number of nitrogens with zero attached hydrogens (tertiary/aromatic N) is 5. The molecule has 0 aliphatic heterocycles. The van der Waals surface area contributed by atoms with Crippen LogP contribution in [0.1, 0.15) is 24.4 Å². The van der Waals surface area contributed by atoms with Gasteiger partial charge in [-0.1, -0.05) is 18.2 Å². The molecule has 2 N–H and O–H groups in total. The first-order valence-corrected chi connectivity index (χ1v) is 12.0. The average Bonchev–Trinajstić information content (AvgIpc) is 3.53. The lowest BCUT2D eigenvalue weighted by molar-refractivity contribution is 0.413. The van der Waals surface area contributed by atoms with Gasteiger partial charge in [0, 0.05) is 29.6 Å². The van der Waals surface area contributed by atoms with E-state index in [2.05, 4.69) is 20.3 Å². The Bertz CT molecular complexity index is 1860. The number of halogens is 1. The van der Waals surface area contributed by atoms with Crippen molar-refractivity contribution in [2.45, 2.75) is 19.9 Å². The molecular weight excluding hydrogens is 485 g/mol. The van der Waals surface area contributed by atoms with Crippen molar-refractivity contribution in [1.29, 1.82) is 0 Å². The lowest BCUT2D eigenvalue weighted by atomic mass is 10.0. The lowest BCUT2D eigenvalue weighted by Crippen LogP contribution is -2.29. The molecule has 190 valence electrons. The average molecular weight is 510 g/mol. The van der Waals surface area contributed by atoms with Crippen LogP contribution >= 0.6 is 0 Å². The fraction of sp³-hybridized carbons (Fsp3) is 0.143. The molecule has 0 radical (unpaired) electrons. The third-order valence-electron chi connectivity index (χ3n) is 6.59. The molecule has 9 nitrogen and oxygen atoms in total. The minimum Gasteiger partial charge on any atom is -0.496 e. The highest BCUT2D eigenvalue weighted by molar-refractivity contribution is 6.02. The van der Waals surface area contributed by atoms with Crippen molar-refractivity contribution in [3.8, 4) is 22.6 Å². The quantitative estimate of drug-likeness (QED) is 0.326. The minimum atomic E-state index is -0.439. The fourth-order valence-electron chi connectivity index (χ4n) is 4.78. The first-order valence-electron chi connectivity index (χ1n) is 12.0. The summed E-state index contributed by atoms with van der Waals surface area (Å²) in [5.74, 6) is 1.03. The molecule has 0 aliphatic carbocycles. The van der Waals surface area contributed by atoms with Crippen LogP contribution in [0.25, 0.3) is 33.4 Å². The Labute approximate surface area is 216 Å². The van der Waals surface area contributed by atoms with E-state index < -0.39 is 11.9 Å². The molecular formula is C28H24FN7O2. The summed E-state index contributed by atoms with van der Waals surface area (Å²) in [4.78, 5) is 25.7. The molecule has 0 unspecified atom stereocenters. The number of rotatable bonds is 6. The summed E-state index contributed by atoms with van der Waals surface area (Å²) in [6.07, 6.45) is 5.03. The van der Waals surface area contributed by atoms with Gasteiger partial charge < -0.3 is 15.0 Å². The topological polar surface area (TPSA) is 102 Å². The number of anilines is 1. The second-order valence-electron chi connectivity index (χ2n) is 8.99. The van der Waals surface area contributed by atoms with Gasteiger partial charge >= 0.3 is 0 Å². The monoisotopic (exact) mass is 509 g/mol. The summed E-state index contributed by atoms with van der Waals surface area (Å²) in [5.41, 5.74) is 3.95. The Morgan fingerprint density at radius 1 is 1.08 bits per heavy atom. The maximum absolute atomic E-state index is 13.9. The normalized spacial score (nSPS) is 12.2. The van der Waals surface area contributed by atoms with Crippen LogP contribution in [0.4, 0.5) is 10.2 Å². The van der Waals surface area contributed by atoms with Crippen molar-refractivity contribution < 1.29 is 9.13 Å². The van der Waals surface area contributed by atoms with E-state index in [0.717, 1.165) is 11.1 Å². The third kappa shape index (κ3) is 3.78. The molecule has 10 heteroatoms. The van der Waals surface area contributed by atoms with Crippen LogP contribution in [-0.2, 0) is 0 Å². The Morgan fingerprint density at radius 3 is 2.68 bits per heavy atom. The van der Waals surface area contributed by atoms with Gasteiger partial charge in [-0.2, -0.15) is 5.10 Å². The summed E-state index contributed by atoms with van der Waals surface area (Å²) < 4.78 is 22.6. The summed E-state index contributed by atoms with van der Waals surface area (Å²) in [6.45, 7) is 3.81. The number of methoxy groups -OCH3 is 1. The number of hydrogen-bond donors (Lipinski definition) is 2. The molecule has 1 atom stereocenters. The molecule has 0 spiro atoms. The predicted octanol–water partition coefficient (Wildman–Crippen LogP) is 5.05. The number of benzene rings is 2. The highest BCUT2D eigenvalue weighted by Gasteiger charge is 2.22. The number of aryl methyl sites for hydroxylation is 1. The second kappa shape index (κ2) is 9.15. The van der Waals surface area contributed by atoms with Crippen LogP contribution in [0.15, 0.2) is 78.1 Å². The Hall–Kier alpha value is -4.99. The molecule has 38 heavy (non-hydrogen) atoms. The largest absolute Gasteiger partial charge is 0.496 e. The van der Waals surface area contributed by atoms with Gasteiger partial charge in [-0.15, -0.1) is 0 Å². The Kier molecular flexibility index (Phi) is 5.64. The zero-order valence-electron chi connectivity index (χ0n) is 20.9. The SMILES string of the molecule is COc1cc(F)ccc1-c1c[nH]c2ncnc(N[C@@H](C)c3nn4ccc(C)c4c(=O)n3-c3ccccc3)c12. The first kappa shape index (κ1) is 23.4. The highest BCUT2D eigenvalue weighted by Crippen LogP contribution is 2.38. The maximum Gasteiger partial charge on any atom is 0.282 e. The smallest absolute Gasteiger partial charge is 0.282 e. The van der Waals surface area contributed by atoms with Crippen LogP contribution < -0.4 is 15.6 Å². The predicted molar refractivity (Wildman–Crippen MR) is 143 cm³/mol. The van der Waals surface area contributed by atoms with Crippen molar-refractivity contribution in [3.63, 3.8) is 0 Å². The fourth-order valence-corrected chi connectivity index (χ4v) is 4.78. The van der Waals surface area contributed by atoms with Crippen molar-refractivity contribution >= 4 is 22.4 Å². The lowest BCUT2D eigenvalue weighted by Gasteiger charge is -2.20. The zero-order valence-corrected chi connectivity index (χ0v) is 20.9. The van der Waals surface area contributed by atoms with Gasteiger partial charge in [0.1, 0.15) is 34.9 Å². The Morgan fingerprint density at radius 2 is 1.89 bits per heavy atom. The van der Waals surface area contributed by atoms with Gasteiger partial charge in [-0.3, -0.25) is 9.36 Å². The number of fused-ring (bicyclic) bond motifs is 2. The summed E-state index contributed by atoms with van der Waals surface area (Å²) in [6, 6.07) is 15.2. The third-order valence-corrected chi connectivity index (χ3v) is 6.59. The van der Waals surface area contributed by atoms with E-state index in [1.54, 1.807) is 27.5 Å². The van der Waals surface area contributed by atoms with Crippen molar-refractivity contribution in [2.24, 2.45) is 0 Å².